The molecule has 0 spiro atoms. The Kier molecular flexibility index (Phi) is 5.29. The third-order valence-electron chi connectivity index (χ3n) is 4.55. The Bertz CT molecular complexity index is 1010. The van der Waals surface area contributed by atoms with E-state index in [4.69, 9.17) is 0 Å². The lowest BCUT2D eigenvalue weighted by molar-refractivity contribution is 0.0932. The molecule has 1 unspecified atom stereocenters. The van der Waals surface area contributed by atoms with Gasteiger partial charge in [0.15, 0.2) is 0 Å². The van der Waals surface area contributed by atoms with Crippen molar-refractivity contribution in [3.63, 3.8) is 0 Å². The molecule has 28 heavy (non-hydrogen) atoms. The van der Waals surface area contributed by atoms with Crippen molar-refractivity contribution in [3.8, 4) is 0 Å². The molecular weight excluding hydrogens is 350 g/mol. The maximum absolute atomic E-state index is 13.0. The lowest BCUT2D eigenvalue weighted by atomic mass is 10.1. The van der Waals surface area contributed by atoms with Gasteiger partial charge >= 0.3 is 0 Å². The van der Waals surface area contributed by atoms with Gasteiger partial charge in [0, 0.05) is 36.9 Å². The first kappa shape index (κ1) is 17.7. The Morgan fingerprint density at radius 2 is 1.89 bits per heavy atom. The second-order valence-corrected chi connectivity index (χ2v) is 6.60. The van der Waals surface area contributed by atoms with E-state index in [1.165, 1.54) is 0 Å². The molecule has 0 aliphatic heterocycles. The summed E-state index contributed by atoms with van der Waals surface area (Å²) in [6, 6.07) is 19.4. The third kappa shape index (κ3) is 4.35. The molecule has 4 rings (SSSR count). The second kappa shape index (κ2) is 8.35. The number of benzene rings is 2. The van der Waals surface area contributed by atoms with E-state index in [2.05, 4.69) is 15.4 Å². The predicted octanol–water partition coefficient (Wildman–Crippen LogP) is 3.30. The van der Waals surface area contributed by atoms with Gasteiger partial charge in [0.1, 0.15) is 0 Å². The number of imidazole rings is 1. The first-order valence-electron chi connectivity index (χ1n) is 9.16. The highest BCUT2D eigenvalue weighted by molar-refractivity contribution is 5.94. The average Bonchev–Trinajstić information content (AvgIpc) is 3.43. The van der Waals surface area contributed by atoms with Crippen LogP contribution in [0.25, 0.3) is 0 Å². The zero-order chi connectivity index (χ0) is 19.2. The summed E-state index contributed by atoms with van der Waals surface area (Å²) in [5, 5.41) is 7.39. The Balaban J connectivity index is 1.52. The zero-order valence-corrected chi connectivity index (χ0v) is 15.3. The van der Waals surface area contributed by atoms with E-state index in [1.54, 1.807) is 18.7 Å². The number of aromatic nitrogens is 4. The normalized spacial score (nSPS) is 11.9. The van der Waals surface area contributed by atoms with Crippen LogP contribution < -0.4 is 5.32 Å². The topological polar surface area (TPSA) is 64.7 Å². The summed E-state index contributed by atoms with van der Waals surface area (Å²) in [5.41, 5.74) is 2.72. The van der Waals surface area contributed by atoms with E-state index in [0.717, 1.165) is 11.1 Å². The molecule has 2 heterocycles. The largest absolute Gasteiger partial charge is 0.343 e. The minimum Gasteiger partial charge on any atom is -0.343 e. The van der Waals surface area contributed by atoms with Crippen LogP contribution in [0.1, 0.15) is 27.5 Å². The van der Waals surface area contributed by atoms with E-state index in [-0.39, 0.29) is 11.9 Å². The van der Waals surface area contributed by atoms with Crippen LogP contribution in [-0.4, -0.2) is 25.2 Å². The molecule has 0 saturated heterocycles. The molecule has 0 bridgehead atoms. The lowest BCUT2D eigenvalue weighted by Crippen LogP contribution is -2.31. The van der Waals surface area contributed by atoms with E-state index in [9.17, 15) is 4.79 Å². The monoisotopic (exact) mass is 371 g/mol. The predicted molar refractivity (Wildman–Crippen MR) is 107 cm³/mol. The van der Waals surface area contributed by atoms with E-state index in [0.29, 0.717) is 18.7 Å². The molecule has 0 radical (unpaired) electrons. The Morgan fingerprint density at radius 3 is 2.64 bits per heavy atom. The van der Waals surface area contributed by atoms with Crippen LogP contribution >= 0.6 is 0 Å². The van der Waals surface area contributed by atoms with Crippen molar-refractivity contribution < 1.29 is 4.79 Å². The smallest absolute Gasteiger partial charge is 0.251 e. The van der Waals surface area contributed by atoms with Gasteiger partial charge in [-0.25, -0.2) is 4.98 Å². The number of amides is 1. The molecule has 4 aromatic rings. The number of carbonyl (C=O) groups excluding carboxylic acids is 1. The number of nitrogens with zero attached hydrogens (tertiary/aromatic N) is 4. The number of nitrogens with one attached hydrogen (secondary N) is 1. The van der Waals surface area contributed by atoms with Gasteiger partial charge in [-0.3, -0.25) is 9.48 Å². The highest BCUT2D eigenvalue weighted by atomic mass is 16.1. The van der Waals surface area contributed by atoms with Crippen molar-refractivity contribution in [3.05, 3.63) is 108 Å². The van der Waals surface area contributed by atoms with Crippen LogP contribution in [0.2, 0.25) is 0 Å². The van der Waals surface area contributed by atoms with E-state index >= 15 is 0 Å². The average molecular weight is 371 g/mol. The molecule has 140 valence electrons. The SMILES string of the molecule is O=C(NC(Cn1ccnc1)c1ccccc1)c1cccc(Cn2cccn2)c1. The minimum atomic E-state index is -0.155. The summed E-state index contributed by atoms with van der Waals surface area (Å²) in [5.74, 6) is -0.101. The van der Waals surface area contributed by atoms with Gasteiger partial charge in [-0.15, -0.1) is 0 Å². The van der Waals surface area contributed by atoms with Gasteiger partial charge in [0.05, 0.1) is 18.9 Å². The van der Waals surface area contributed by atoms with Gasteiger partial charge in [-0.05, 0) is 29.3 Å². The molecule has 6 heteroatoms. The Morgan fingerprint density at radius 1 is 1.00 bits per heavy atom. The zero-order valence-electron chi connectivity index (χ0n) is 15.3. The minimum absolute atomic E-state index is 0.101. The van der Waals surface area contributed by atoms with Crippen LogP contribution in [0.15, 0.2) is 91.8 Å². The van der Waals surface area contributed by atoms with Gasteiger partial charge in [0.2, 0.25) is 0 Å². The highest BCUT2D eigenvalue weighted by Gasteiger charge is 2.16. The van der Waals surface area contributed by atoms with Crippen molar-refractivity contribution in [2.75, 3.05) is 0 Å². The number of carbonyl (C=O) groups is 1. The van der Waals surface area contributed by atoms with Crippen molar-refractivity contribution in [1.82, 2.24) is 24.6 Å². The number of hydrogen-bond acceptors (Lipinski definition) is 3. The van der Waals surface area contributed by atoms with Crippen LogP contribution in [-0.2, 0) is 13.1 Å². The quantitative estimate of drug-likeness (QED) is 0.542. The Labute approximate surface area is 163 Å². The molecule has 2 aromatic carbocycles. The molecule has 1 N–H and O–H groups in total. The van der Waals surface area contributed by atoms with Crippen LogP contribution in [0, 0.1) is 0 Å². The van der Waals surface area contributed by atoms with Crippen LogP contribution in [0.3, 0.4) is 0 Å². The maximum Gasteiger partial charge on any atom is 0.251 e. The molecule has 0 fully saturated rings. The number of rotatable bonds is 7. The van der Waals surface area contributed by atoms with Gasteiger partial charge in [0.25, 0.3) is 5.91 Å². The molecule has 0 saturated carbocycles. The van der Waals surface area contributed by atoms with E-state index in [1.807, 2.05) is 82.3 Å². The number of hydrogen-bond donors (Lipinski definition) is 1. The molecule has 0 aliphatic carbocycles. The molecule has 2 aromatic heterocycles. The van der Waals surface area contributed by atoms with E-state index < -0.39 is 0 Å². The third-order valence-corrected chi connectivity index (χ3v) is 4.55. The molecule has 1 amide bonds. The van der Waals surface area contributed by atoms with Crippen LogP contribution in [0.4, 0.5) is 0 Å². The Hall–Kier alpha value is -3.67. The van der Waals surface area contributed by atoms with Gasteiger partial charge < -0.3 is 9.88 Å². The summed E-state index contributed by atoms with van der Waals surface area (Å²) in [6.45, 7) is 1.24. The summed E-state index contributed by atoms with van der Waals surface area (Å²) in [4.78, 5) is 17.0. The lowest BCUT2D eigenvalue weighted by Gasteiger charge is -2.20. The summed E-state index contributed by atoms with van der Waals surface area (Å²) < 4.78 is 3.80. The van der Waals surface area contributed by atoms with Crippen LogP contribution in [0.5, 0.6) is 0 Å². The molecule has 0 aliphatic rings. The fourth-order valence-corrected chi connectivity index (χ4v) is 3.16. The highest BCUT2D eigenvalue weighted by Crippen LogP contribution is 2.16. The standard InChI is InChI=1S/C22H21N5O/c28-22(20-9-4-6-18(14-20)15-27-12-5-10-24-27)25-21(16-26-13-11-23-17-26)19-7-2-1-3-8-19/h1-14,17,21H,15-16H2,(H,25,28). The maximum atomic E-state index is 13.0. The molecule has 1 atom stereocenters. The van der Waals surface area contributed by atoms with Crippen molar-refractivity contribution >= 4 is 5.91 Å². The molecule has 6 nitrogen and oxygen atoms in total. The molecular formula is C22H21N5O. The van der Waals surface area contributed by atoms with Crippen molar-refractivity contribution in [2.24, 2.45) is 0 Å². The first-order valence-corrected chi connectivity index (χ1v) is 9.16. The fraction of sp³-hybridized carbons (Fsp3) is 0.136. The summed E-state index contributed by atoms with van der Waals surface area (Å²) in [6.07, 6.45) is 9.04. The van der Waals surface area contributed by atoms with Crippen molar-refractivity contribution in [2.45, 2.75) is 19.1 Å². The second-order valence-electron chi connectivity index (χ2n) is 6.60. The van der Waals surface area contributed by atoms with Gasteiger partial charge in [-0.1, -0.05) is 42.5 Å². The van der Waals surface area contributed by atoms with Gasteiger partial charge in [-0.2, -0.15) is 5.10 Å². The first-order chi connectivity index (χ1) is 13.8. The summed E-state index contributed by atoms with van der Waals surface area (Å²) >= 11 is 0. The van der Waals surface area contributed by atoms with Crippen molar-refractivity contribution in [1.29, 1.82) is 0 Å². The fourth-order valence-electron chi connectivity index (χ4n) is 3.16. The summed E-state index contributed by atoms with van der Waals surface area (Å²) in [7, 11) is 0.